The molecule has 14 heavy (non-hydrogen) atoms. The summed E-state index contributed by atoms with van der Waals surface area (Å²) < 4.78 is 0. The maximum atomic E-state index is 11.5. The Balaban J connectivity index is 2.62. The van der Waals surface area contributed by atoms with E-state index in [1.807, 2.05) is 18.4 Å². The number of carbonyl (C=O) groups is 1. The van der Waals surface area contributed by atoms with Gasteiger partial charge in [0.15, 0.2) is 0 Å². The number of rotatable bonds is 3. The zero-order valence-corrected chi connectivity index (χ0v) is 9.60. The molecule has 1 aromatic heterocycles. The molecular formula is C10H16N2OS. The van der Waals surface area contributed by atoms with E-state index in [1.165, 1.54) is 15.3 Å². The minimum absolute atomic E-state index is 0.0159. The van der Waals surface area contributed by atoms with E-state index in [-0.39, 0.29) is 5.91 Å². The van der Waals surface area contributed by atoms with Crippen molar-refractivity contribution in [2.45, 2.75) is 19.4 Å². The van der Waals surface area contributed by atoms with Crippen LogP contribution in [0.25, 0.3) is 0 Å². The Kier molecular flexibility index (Phi) is 3.66. The first-order chi connectivity index (χ1) is 6.52. The summed E-state index contributed by atoms with van der Waals surface area (Å²) in [4.78, 5) is 14.2. The topological polar surface area (TPSA) is 46.3 Å². The van der Waals surface area contributed by atoms with Gasteiger partial charge in [-0.25, -0.2) is 0 Å². The number of nitrogens with two attached hydrogens (primary N) is 1. The van der Waals surface area contributed by atoms with Crippen LogP contribution in [0.3, 0.4) is 0 Å². The standard InChI is InChI=1S/C10H16N2OS/c1-7-4-5-14-9(7)6-8(11)10(13)12(2)3/h4-5,8H,6,11H2,1-3H3. The molecule has 1 rings (SSSR count). The van der Waals surface area contributed by atoms with Crippen molar-refractivity contribution in [2.24, 2.45) is 5.73 Å². The third kappa shape index (κ3) is 2.56. The van der Waals surface area contributed by atoms with Crippen LogP contribution in [0.4, 0.5) is 0 Å². The predicted octanol–water partition coefficient (Wildman–Crippen LogP) is 1.01. The van der Waals surface area contributed by atoms with Gasteiger partial charge in [-0.3, -0.25) is 4.79 Å². The molecule has 1 heterocycles. The minimum atomic E-state index is -0.414. The summed E-state index contributed by atoms with van der Waals surface area (Å²) in [6.07, 6.45) is 0.639. The van der Waals surface area contributed by atoms with Crippen LogP contribution in [0.15, 0.2) is 11.4 Å². The average Bonchev–Trinajstić information content (AvgIpc) is 2.50. The number of hydrogen-bond donors (Lipinski definition) is 1. The maximum Gasteiger partial charge on any atom is 0.239 e. The molecule has 0 saturated carbocycles. The van der Waals surface area contributed by atoms with Gasteiger partial charge < -0.3 is 10.6 Å². The number of carbonyl (C=O) groups excluding carboxylic acids is 1. The molecule has 0 saturated heterocycles. The second kappa shape index (κ2) is 4.57. The lowest BCUT2D eigenvalue weighted by atomic mass is 10.1. The van der Waals surface area contributed by atoms with Crippen molar-refractivity contribution in [1.82, 2.24) is 4.90 Å². The normalized spacial score (nSPS) is 12.6. The predicted molar refractivity (Wildman–Crippen MR) is 59.4 cm³/mol. The fraction of sp³-hybridized carbons (Fsp3) is 0.500. The van der Waals surface area contributed by atoms with Crippen molar-refractivity contribution in [3.63, 3.8) is 0 Å². The Bertz CT molecular complexity index is 320. The molecule has 0 spiro atoms. The SMILES string of the molecule is Cc1ccsc1CC(N)C(=O)N(C)C. The van der Waals surface area contributed by atoms with Crippen LogP contribution in [0.5, 0.6) is 0 Å². The summed E-state index contributed by atoms with van der Waals surface area (Å²) in [5, 5.41) is 2.03. The van der Waals surface area contributed by atoms with E-state index in [4.69, 9.17) is 5.73 Å². The van der Waals surface area contributed by atoms with Crippen molar-refractivity contribution < 1.29 is 4.79 Å². The quantitative estimate of drug-likeness (QED) is 0.813. The van der Waals surface area contributed by atoms with Crippen molar-refractivity contribution >= 4 is 17.2 Å². The van der Waals surface area contributed by atoms with Crippen LogP contribution in [0.1, 0.15) is 10.4 Å². The molecule has 0 fully saturated rings. The Morgan fingerprint density at radius 1 is 1.64 bits per heavy atom. The summed E-state index contributed by atoms with van der Waals surface area (Å²) in [5.74, 6) is -0.0159. The summed E-state index contributed by atoms with van der Waals surface area (Å²) in [5.41, 5.74) is 7.01. The lowest BCUT2D eigenvalue weighted by molar-refractivity contribution is -0.130. The Labute approximate surface area is 88.5 Å². The van der Waals surface area contributed by atoms with Gasteiger partial charge in [-0.05, 0) is 23.9 Å². The summed E-state index contributed by atoms with van der Waals surface area (Å²) in [7, 11) is 3.45. The van der Waals surface area contributed by atoms with Crippen LogP contribution < -0.4 is 5.73 Å². The van der Waals surface area contributed by atoms with Gasteiger partial charge in [-0.1, -0.05) is 0 Å². The lowest BCUT2D eigenvalue weighted by Gasteiger charge is -2.16. The van der Waals surface area contributed by atoms with E-state index < -0.39 is 6.04 Å². The first kappa shape index (κ1) is 11.2. The Morgan fingerprint density at radius 2 is 2.29 bits per heavy atom. The van der Waals surface area contributed by atoms with E-state index >= 15 is 0 Å². The molecule has 0 aliphatic rings. The molecule has 0 radical (unpaired) electrons. The molecule has 78 valence electrons. The molecule has 1 amide bonds. The number of nitrogens with zero attached hydrogens (tertiary/aromatic N) is 1. The third-order valence-electron chi connectivity index (χ3n) is 2.13. The second-order valence-electron chi connectivity index (χ2n) is 3.57. The van der Waals surface area contributed by atoms with Gasteiger partial charge in [-0.2, -0.15) is 0 Å². The Morgan fingerprint density at radius 3 is 2.71 bits per heavy atom. The van der Waals surface area contributed by atoms with Gasteiger partial charge in [0, 0.05) is 25.4 Å². The summed E-state index contributed by atoms with van der Waals surface area (Å²) in [6.45, 7) is 2.04. The average molecular weight is 212 g/mol. The number of thiophene rings is 1. The van der Waals surface area contributed by atoms with Crippen LogP contribution >= 0.6 is 11.3 Å². The highest BCUT2D eigenvalue weighted by Crippen LogP contribution is 2.17. The molecule has 0 aliphatic heterocycles. The highest BCUT2D eigenvalue weighted by molar-refractivity contribution is 7.10. The smallest absolute Gasteiger partial charge is 0.239 e. The second-order valence-corrected chi connectivity index (χ2v) is 4.57. The van der Waals surface area contributed by atoms with Crippen LogP contribution in [-0.4, -0.2) is 30.9 Å². The molecule has 2 N–H and O–H groups in total. The van der Waals surface area contributed by atoms with E-state index in [0.29, 0.717) is 6.42 Å². The first-order valence-corrected chi connectivity index (χ1v) is 5.40. The number of amides is 1. The molecule has 4 heteroatoms. The van der Waals surface area contributed by atoms with Crippen LogP contribution in [0.2, 0.25) is 0 Å². The van der Waals surface area contributed by atoms with Crippen molar-refractivity contribution in [2.75, 3.05) is 14.1 Å². The van der Waals surface area contributed by atoms with Gasteiger partial charge in [0.1, 0.15) is 0 Å². The maximum absolute atomic E-state index is 11.5. The number of likely N-dealkylation sites (N-methyl/N-ethyl adjacent to an activating group) is 1. The van der Waals surface area contributed by atoms with Gasteiger partial charge in [0.25, 0.3) is 0 Å². The highest BCUT2D eigenvalue weighted by atomic mass is 32.1. The Hall–Kier alpha value is -0.870. The zero-order valence-electron chi connectivity index (χ0n) is 8.78. The largest absolute Gasteiger partial charge is 0.347 e. The van der Waals surface area contributed by atoms with Crippen molar-refractivity contribution in [3.8, 4) is 0 Å². The molecule has 3 nitrogen and oxygen atoms in total. The van der Waals surface area contributed by atoms with E-state index in [1.54, 1.807) is 25.4 Å². The minimum Gasteiger partial charge on any atom is -0.347 e. The summed E-state index contributed by atoms with van der Waals surface area (Å²) in [6, 6.07) is 1.63. The molecule has 0 aliphatic carbocycles. The van der Waals surface area contributed by atoms with Gasteiger partial charge in [0.2, 0.25) is 5.91 Å². The van der Waals surface area contributed by atoms with E-state index in [2.05, 4.69) is 0 Å². The third-order valence-corrected chi connectivity index (χ3v) is 3.18. The van der Waals surface area contributed by atoms with Gasteiger partial charge in [0.05, 0.1) is 6.04 Å². The zero-order chi connectivity index (χ0) is 10.7. The van der Waals surface area contributed by atoms with Crippen molar-refractivity contribution in [3.05, 3.63) is 21.9 Å². The van der Waals surface area contributed by atoms with Crippen molar-refractivity contribution in [1.29, 1.82) is 0 Å². The molecule has 1 aromatic rings. The molecule has 0 aromatic carbocycles. The first-order valence-electron chi connectivity index (χ1n) is 4.52. The van der Waals surface area contributed by atoms with E-state index in [9.17, 15) is 4.79 Å². The molecule has 1 atom stereocenters. The van der Waals surface area contributed by atoms with Gasteiger partial charge in [-0.15, -0.1) is 11.3 Å². The van der Waals surface area contributed by atoms with E-state index in [0.717, 1.165) is 0 Å². The fourth-order valence-electron chi connectivity index (χ4n) is 1.23. The summed E-state index contributed by atoms with van der Waals surface area (Å²) >= 11 is 1.66. The van der Waals surface area contributed by atoms with Gasteiger partial charge >= 0.3 is 0 Å². The van der Waals surface area contributed by atoms with Crippen LogP contribution in [-0.2, 0) is 11.2 Å². The molecular weight excluding hydrogens is 196 g/mol. The monoisotopic (exact) mass is 212 g/mol. The molecule has 0 bridgehead atoms. The fourth-order valence-corrected chi connectivity index (χ4v) is 2.20. The number of aryl methyl sites for hydroxylation is 1. The molecule has 1 unspecified atom stereocenters. The number of hydrogen-bond acceptors (Lipinski definition) is 3. The highest BCUT2D eigenvalue weighted by Gasteiger charge is 2.17. The lowest BCUT2D eigenvalue weighted by Crippen LogP contribution is -2.41. The van der Waals surface area contributed by atoms with Crippen LogP contribution in [0, 0.1) is 6.92 Å².